The molecule has 3 aromatic rings. The predicted molar refractivity (Wildman–Crippen MR) is 145 cm³/mol. The molecule has 0 aliphatic carbocycles. The molecule has 0 radical (unpaired) electrons. The minimum Gasteiger partial charge on any atom is -0.462 e. The molecule has 2 N–H and O–H groups in total. The highest BCUT2D eigenvalue weighted by Gasteiger charge is 2.30. The average molecular weight is 556 g/mol. The van der Waals surface area contributed by atoms with Crippen LogP contribution in [0.3, 0.4) is 0 Å². The van der Waals surface area contributed by atoms with Gasteiger partial charge in [-0.05, 0) is 61.4 Å². The molecular weight excluding hydrogens is 529 g/mol. The van der Waals surface area contributed by atoms with Crippen molar-refractivity contribution in [3.63, 3.8) is 0 Å². The first kappa shape index (κ1) is 27.3. The van der Waals surface area contributed by atoms with Crippen molar-refractivity contribution in [2.24, 2.45) is 0 Å². The molecule has 1 aromatic heterocycles. The first-order valence-electron chi connectivity index (χ1n) is 11.9. The zero-order chi connectivity index (χ0) is 27.2. The van der Waals surface area contributed by atoms with Crippen molar-refractivity contribution in [3.8, 4) is 0 Å². The van der Waals surface area contributed by atoms with Gasteiger partial charge in [-0.15, -0.1) is 23.1 Å². The third-order valence-electron chi connectivity index (χ3n) is 5.80. The number of hydrogen-bond acceptors (Lipinski definition) is 7. The Balaban J connectivity index is 1.41. The van der Waals surface area contributed by atoms with Crippen LogP contribution in [0.25, 0.3) is 0 Å². The highest BCUT2D eigenvalue weighted by Crippen LogP contribution is 2.38. The Bertz CT molecular complexity index is 1370. The van der Waals surface area contributed by atoms with Crippen molar-refractivity contribution >= 4 is 57.5 Å². The van der Waals surface area contributed by atoms with Crippen molar-refractivity contribution in [1.29, 1.82) is 0 Å². The SMILES string of the molecule is CCOC(=O)c1c(NC(=O)CSc2cccc(NC(=O)c3ccc(F)cc3)c2)sc2c1CCN(C(C)=O)C2. The van der Waals surface area contributed by atoms with Gasteiger partial charge in [0.05, 0.1) is 24.5 Å². The van der Waals surface area contributed by atoms with Gasteiger partial charge >= 0.3 is 5.97 Å². The van der Waals surface area contributed by atoms with Crippen molar-refractivity contribution < 1.29 is 28.3 Å². The lowest BCUT2D eigenvalue weighted by Crippen LogP contribution is -2.34. The largest absolute Gasteiger partial charge is 0.462 e. The van der Waals surface area contributed by atoms with Gasteiger partial charge in [0.1, 0.15) is 10.8 Å². The number of thiophene rings is 1. The summed E-state index contributed by atoms with van der Waals surface area (Å²) in [5.74, 6) is -1.56. The van der Waals surface area contributed by atoms with Crippen molar-refractivity contribution in [3.05, 3.63) is 75.9 Å². The standard InChI is InChI=1S/C27H26FN3O5S2/c1-3-36-27(35)24-21-11-12-31(16(2)32)14-22(21)38-26(24)30-23(33)15-37-20-6-4-5-19(13-20)29-25(34)17-7-9-18(28)10-8-17/h4-10,13H,3,11-12,14-15H2,1-2H3,(H,29,34)(H,30,33). The van der Waals surface area contributed by atoms with Crippen molar-refractivity contribution in [1.82, 2.24) is 4.90 Å². The second-order valence-electron chi connectivity index (χ2n) is 8.44. The van der Waals surface area contributed by atoms with Crippen LogP contribution in [0, 0.1) is 5.82 Å². The minimum atomic E-state index is -0.492. The van der Waals surface area contributed by atoms with Crippen molar-refractivity contribution in [2.45, 2.75) is 31.7 Å². The number of thioether (sulfide) groups is 1. The molecule has 8 nitrogen and oxygen atoms in total. The highest BCUT2D eigenvalue weighted by atomic mass is 32.2. The van der Waals surface area contributed by atoms with Gasteiger partial charge in [0.2, 0.25) is 11.8 Å². The number of rotatable bonds is 8. The van der Waals surface area contributed by atoms with Gasteiger partial charge in [-0.2, -0.15) is 0 Å². The van der Waals surface area contributed by atoms with Gasteiger partial charge in [-0.3, -0.25) is 14.4 Å². The number of hydrogen-bond donors (Lipinski definition) is 2. The third-order valence-corrected chi connectivity index (χ3v) is 7.93. The first-order chi connectivity index (χ1) is 18.2. The van der Waals surface area contributed by atoms with E-state index in [0.717, 1.165) is 15.3 Å². The van der Waals surface area contributed by atoms with Gasteiger partial charge in [0.15, 0.2) is 0 Å². The van der Waals surface area contributed by atoms with E-state index in [1.165, 1.54) is 54.3 Å². The van der Waals surface area contributed by atoms with Gasteiger partial charge < -0.3 is 20.3 Å². The van der Waals surface area contributed by atoms with Crippen LogP contribution in [-0.4, -0.2) is 47.5 Å². The van der Waals surface area contributed by atoms with E-state index in [2.05, 4.69) is 10.6 Å². The summed E-state index contributed by atoms with van der Waals surface area (Å²) in [5.41, 5.74) is 2.04. The number of carbonyl (C=O) groups excluding carboxylic acids is 4. The molecule has 3 amide bonds. The van der Waals surface area contributed by atoms with Gasteiger partial charge in [-0.25, -0.2) is 9.18 Å². The van der Waals surface area contributed by atoms with Crippen LogP contribution in [-0.2, 0) is 27.3 Å². The number of halogens is 1. The highest BCUT2D eigenvalue weighted by molar-refractivity contribution is 8.00. The van der Waals surface area contributed by atoms with E-state index in [4.69, 9.17) is 4.74 Å². The van der Waals surface area contributed by atoms with Crippen LogP contribution in [0.1, 0.15) is 45.0 Å². The molecule has 2 aromatic carbocycles. The zero-order valence-corrected chi connectivity index (χ0v) is 22.5. The number of fused-ring (bicyclic) bond motifs is 1. The maximum absolute atomic E-state index is 13.1. The molecular formula is C27H26FN3O5S2. The van der Waals surface area contributed by atoms with Crippen LogP contribution in [0.2, 0.25) is 0 Å². The van der Waals surface area contributed by atoms with Crippen LogP contribution in [0.5, 0.6) is 0 Å². The normalized spacial score (nSPS) is 12.4. The molecule has 11 heteroatoms. The molecule has 0 atom stereocenters. The lowest BCUT2D eigenvalue weighted by molar-refractivity contribution is -0.129. The molecule has 0 saturated heterocycles. The fraction of sp³-hybridized carbons (Fsp3) is 0.259. The molecule has 1 aliphatic rings. The van der Waals surface area contributed by atoms with E-state index in [1.54, 1.807) is 30.0 Å². The second-order valence-corrected chi connectivity index (χ2v) is 10.6. The van der Waals surface area contributed by atoms with E-state index in [1.807, 2.05) is 6.07 Å². The van der Waals surface area contributed by atoms with Crippen LogP contribution in [0.4, 0.5) is 15.1 Å². The summed E-state index contributed by atoms with van der Waals surface area (Å²) in [4.78, 5) is 53.1. The van der Waals surface area contributed by atoms with Gasteiger partial charge in [0.25, 0.3) is 5.91 Å². The number of amides is 3. The number of nitrogens with zero attached hydrogens (tertiary/aromatic N) is 1. The maximum Gasteiger partial charge on any atom is 0.341 e. The zero-order valence-electron chi connectivity index (χ0n) is 20.8. The smallest absolute Gasteiger partial charge is 0.341 e. The molecule has 0 fully saturated rings. The summed E-state index contributed by atoms with van der Waals surface area (Å²) in [6, 6.07) is 12.3. The van der Waals surface area contributed by atoms with Crippen LogP contribution in [0.15, 0.2) is 53.4 Å². The second kappa shape index (κ2) is 12.2. The Morgan fingerprint density at radius 1 is 1.11 bits per heavy atom. The van der Waals surface area contributed by atoms with Crippen LogP contribution >= 0.6 is 23.1 Å². The predicted octanol–water partition coefficient (Wildman–Crippen LogP) is 4.95. The van der Waals surface area contributed by atoms with Crippen LogP contribution < -0.4 is 10.6 Å². The topological polar surface area (TPSA) is 105 Å². The van der Waals surface area contributed by atoms with Gasteiger partial charge in [0, 0.05) is 34.5 Å². The summed E-state index contributed by atoms with van der Waals surface area (Å²) in [6.45, 7) is 4.33. The van der Waals surface area contributed by atoms with Crippen molar-refractivity contribution in [2.75, 3.05) is 29.5 Å². The maximum atomic E-state index is 13.1. The minimum absolute atomic E-state index is 0.0418. The molecule has 198 valence electrons. The van der Waals surface area contributed by atoms with E-state index in [0.29, 0.717) is 41.3 Å². The molecule has 0 spiro atoms. The number of benzene rings is 2. The number of anilines is 2. The number of ether oxygens (including phenoxy) is 1. The monoisotopic (exact) mass is 555 g/mol. The van der Waals surface area contributed by atoms with E-state index in [9.17, 15) is 23.6 Å². The Hall–Kier alpha value is -3.70. The molecule has 0 bridgehead atoms. The molecule has 1 aliphatic heterocycles. The number of carbonyl (C=O) groups is 4. The Labute approximate surface area is 227 Å². The quantitative estimate of drug-likeness (QED) is 0.301. The summed E-state index contributed by atoms with van der Waals surface area (Å²) < 4.78 is 18.4. The fourth-order valence-corrected chi connectivity index (χ4v) is 5.98. The third kappa shape index (κ3) is 6.59. The van der Waals surface area contributed by atoms with E-state index in [-0.39, 0.29) is 30.1 Å². The Kier molecular flexibility index (Phi) is 8.80. The lowest BCUT2D eigenvalue weighted by Gasteiger charge is -2.25. The summed E-state index contributed by atoms with van der Waals surface area (Å²) in [7, 11) is 0. The first-order valence-corrected chi connectivity index (χ1v) is 13.7. The number of nitrogens with one attached hydrogen (secondary N) is 2. The summed E-state index contributed by atoms with van der Waals surface area (Å²) >= 11 is 2.56. The molecule has 38 heavy (non-hydrogen) atoms. The average Bonchev–Trinajstić information content (AvgIpc) is 3.25. The summed E-state index contributed by atoms with van der Waals surface area (Å²) in [5, 5.41) is 6.03. The van der Waals surface area contributed by atoms with E-state index < -0.39 is 11.8 Å². The number of esters is 1. The molecule has 2 heterocycles. The Morgan fingerprint density at radius 3 is 2.58 bits per heavy atom. The summed E-state index contributed by atoms with van der Waals surface area (Å²) in [6.07, 6.45) is 0.514. The van der Waals surface area contributed by atoms with E-state index >= 15 is 0 Å². The molecule has 0 saturated carbocycles. The molecule has 0 unspecified atom stereocenters. The van der Waals surface area contributed by atoms with Gasteiger partial charge in [-0.1, -0.05) is 6.07 Å². The fourth-order valence-electron chi connectivity index (χ4n) is 3.96. The Morgan fingerprint density at radius 2 is 1.87 bits per heavy atom. The lowest BCUT2D eigenvalue weighted by atomic mass is 10.0. The molecule has 4 rings (SSSR count).